The van der Waals surface area contributed by atoms with Crippen molar-refractivity contribution < 1.29 is 0 Å². The standard InChI is InChI=1S/C13H17N3S/c1-10(2)12-9-16(5-6-17-12)13-7-11(8-14)3-4-15-13/h3-4,7,10,12H,5-6,9H2,1-2H3/t12-/m0/s1. The Bertz CT molecular complexity index is 425. The van der Waals surface area contributed by atoms with Crippen LogP contribution in [0.15, 0.2) is 18.3 Å². The highest BCUT2D eigenvalue weighted by atomic mass is 32.2. The van der Waals surface area contributed by atoms with E-state index in [1.54, 1.807) is 12.3 Å². The van der Waals surface area contributed by atoms with Crippen molar-refractivity contribution in [3.8, 4) is 6.07 Å². The molecule has 0 bridgehead atoms. The SMILES string of the molecule is CC(C)[C@@H]1CN(c2cc(C#N)ccn2)CCS1. The fraction of sp³-hybridized carbons (Fsp3) is 0.538. The molecule has 1 atom stereocenters. The molecular formula is C13H17N3S. The Morgan fingerprint density at radius 3 is 3.12 bits per heavy atom. The summed E-state index contributed by atoms with van der Waals surface area (Å²) in [5.74, 6) is 2.76. The van der Waals surface area contributed by atoms with Crippen LogP contribution in [0, 0.1) is 17.2 Å². The average Bonchev–Trinajstić information content (AvgIpc) is 2.39. The quantitative estimate of drug-likeness (QED) is 0.805. The number of nitriles is 1. The van der Waals surface area contributed by atoms with E-state index in [0.29, 0.717) is 16.7 Å². The van der Waals surface area contributed by atoms with E-state index in [1.807, 2.05) is 17.8 Å². The maximum absolute atomic E-state index is 8.90. The molecule has 2 rings (SSSR count). The minimum atomic E-state index is 0.663. The van der Waals surface area contributed by atoms with Crippen molar-refractivity contribution in [2.75, 3.05) is 23.7 Å². The lowest BCUT2D eigenvalue weighted by atomic mass is 10.1. The third-order valence-corrected chi connectivity index (χ3v) is 4.58. The van der Waals surface area contributed by atoms with Crippen molar-refractivity contribution in [3.05, 3.63) is 23.9 Å². The largest absolute Gasteiger partial charge is 0.355 e. The van der Waals surface area contributed by atoms with Gasteiger partial charge in [-0.1, -0.05) is 13.8 Å². The molecule has 1 aliphatic rings. The first-order chi connectivity index (χ1) is 8.20. The van der Waals surface area contributed by atoms with Crippen molar-refractivity contribution in [2.24, 2.45) is 5.92 Å². The number of anilines is 1. The normalized spacial score (nSPS) is 20.4. The summed E-state index contributed by atoms with van der Waals surface area (Å²) in [5.41, 5.74) is 0.689. The van der Waals surface area contributed by atoms with Crippen molar-refractivity contribution in [1.29, 1.82) is 5.26 Å². The first-order valence-electron chi connectivity index (χ1n) is 5.93. The monoisotopic (exact) mass is 247 g/mol. The molecule has 0 aromatic carbocycles. The maximum Gasteiger partial charge on any atom is 0.129 e. The van der Waals surface area contributed by atoms with Gasteiger partial charge in [0.1, 0.15) is 5.82 Å². The molecule has 1 aromatic rings. The Hall–Kier alpha value is -1.21. The fourth-order valence-electron chi connectivity index (χ4n) is 1.95. The summed E-state index contributed by atoms with van der Waals surface area (Å²) in [6, 6.07) is 5.80. The van der Waals surface area contributed by atoms with Gasteiger partial charge in [-0.15, -0.1) is 0 Å². The molecule has 0 amide bonds. The minimum absolute atomic E-state index is 0.663. The van der Waals surface area contributed by atoms with Gasteiger partial charge in [0.05, 0.1) is 11.6 Å². The lowest BCUT2D eigenvalue weighted by molar-refractivity contribution is 0.580. The van der Waals surface area contributed by atoms with E-state index in [0.717, 1.165) is 24.7 Å². The smallest absolute Gasteiger partial charge is 0.129 e. The molecule has 0 spiro atoms. The first-order valence-corrected chi connectivity index (χ1v) is 6.98. The molecule has 1 aliphatic heterocycles. The molecule has 90 valence electrons. The lowest BCUT2D eigenvalue weighted by Crippen LogP contribution is -2.40. The van der Waals surface area contributed by atoms with E-state index in [4.69, 9.17) is 5.26 Å². The van der Waals surface area contributed by atoms with Crippen molar-refractivity contribution >= 4 is 17.6 Å². The van der Waals surface area contributed by atoms with Gasteiger partial charge in [0.2, 0.25) is 0 Å². The van der Waals surface area contributed by atoms with E-state index in [9.17, 15) is 0 Å². The second kappa shape index (κ2) is 5.42. The maximum atomic E-state index is 8.90. The zero-order chi connectivity index (χ0) is 12.3. The van der Waals surface area contributed by atoms with Gasteiger partial charge < -0.3 is 4.90 Å². The van der Waals surface area contributed by atoms with Crippen LogP contribution >= 0.6 is 11.8 Å². The Balaban J connectivity index is 2.13. The summed E-state index contributed by atoms with van der Waals surface area (Å²) in [6.07, 6.45) is 1.72. The zero-order valence-electron chi connectivity index (χ0n) is 10.3. The number of nitrogens with zero attached hydrogens (tertiary/aromatic N) is 3. The Morgan fingerprint density at radius 2 is 2.41 bits per heavy atom. The first kappa shape index (κ1) is 12.3. The molecular weight excluding hydrogens is 230 g/mol. The molecule has 2 heterocycles. The molecule has 1 aromatic heterocycles. The van der Waals surface area contributed by atoms with Gasteiger partial charge in [0, 0.05) is 30.3 Å². The van der Waals surface area contributed by atoms with Crippen molar-refractivity contribution in [2.45, 2.75) is 19.1 Å². The van der Waals surface area contributed by atoms with Crippen LogP contribution in [0.3, 0.4) is 0 Å². The van der Waals surface area contributed by atoms with Gasteiger partial charge in [0.25, 0.3) is 0 Å². The van der Waals surface area contributed by atoms with Crippen molar-refractivity contribution in [3.63, 3.8) is 0 Å². The van der Waals surface area contributed by atoms with Crippen LogP contribution < -0.4 is 4.90 Å². The van der Waals surface area contributed by atoms with Gasteiger partial charge in [0.15, 0.2) is 0 Å². The number of aromatic nitrogens is 1. The number of hydrogen-bond acceptors (Lipinski definition) is 4. The predicted octanol–water partition coefficient (Wildman–Crippen LogP) is 2.53. The summed E-state index contributed by atoms with van der Waals surface area (Å²) < 4.78 is 0. The second-order valence-electron chi connectivity index (χ2n) is 4.61. The molecule has 4 heteroatoms. The van der Waals surface area contributed by atoms with Gasteiger partial charge in [-0.2, -0.15) is 17.0 Å². The summed E-state index contributed by atoms with van der Waals surface area (Å²) in [5, 5.41) is 9.56. The number of hydrogen-bond donors (Lipinski definition) is 0. The highest BCUT2D eigenvalue weighted by Crippen LogP contribution is 2.27. The molecule has 0 radical (unpaired) electrons. The molecule has 0 unspecified atom stereocenters. The van der Waals surface area contributed by atoms with Crippen LogP contribution in [0.25, 0.3) is 0 Å². The Kier molecular flexibility index (Phi) is 3.90. The highest BCUT2D eigenvalue weighted by molar-refractivity contribution is 8.00. The Morgan fingerprint density at radius 1 is 1.59 bits per heavy atom. The molecule has 0 aliphatic carbocycles. The van der Waals surface area contributed by atoms with Crippen LogP contribution in [0.2, 0.25) is 0 Å². The number of thioether (sulfide) groups is 1. The zero-order valence-corrected chi connectivity index (χ0v) is 11.1. The molecule has 17 heavy (non-hydrogen) atoms. The summed E-state index contributed by atoms with van der Waals surface area (Å²) >= 11 is 2.05. The van der Waals surface area contributed by atoms with Crippen LogP contribution in [0.4, 0.5) is 5.82 Å². The van der Waals surface area contributed by atoms with E-state index in [-0.39, 0.29) is 0 Å². The number of rotatable bonds is 2. The third kappa shape index (κ3) is 2.92. The fourth-order valence-corrected chi connectivity index (χ4v) is 3.25. The minimum Gasteiger partial charge on any atom is -0.355 e. The van der Waals surface area contributed by atoms with E-state index in [2.05, 4.69) is 29.8 Å². The summed E-state index contributed by atoms with van der Waals surface area (Å²) in [4.78, 5) is 6.66. The lowest BCUT2D eigenvalue weighted by Gasteiger charge is -2.35. The van der Waals surface area contributed by atoms with E-state index >= 15 is 0 Å². The molecule has 0 saturated carbocycles. The topological polar surface area (TPSA) is 39.9 Å². The van der Waals surface area contributed by atoms with Gasteiger partial charge in [-0.05, 0) is 18.1 Å². The summed E-state index contributed by atoms with van der Waals surface area (Å²) in [7, 11) is 0. The van der Waals surface area contributed by atoms with Crippen LogP contribution in [-0.2, 0) is 0 Å². The average molecular weight is 247 g/mol. The van der Waals surface area contributed by atoms with Crippen LogP contribution in [-0.4, -0.2) is 29.1 Å². The summed E-state index contributed by atoms with van der Waals surface area (Å²) in [6.45, 7) is 6.58. The van der Waals surface area contributed by atoms with Gasteiger partial charge in [-0.3, -0.25) is 0 Å². The molecule has 3 nitrogen and oxygen atoms in total. The predicted molar refractivity (Wildman–Crippen MR) is 72.2 cm³/mol. The molecule has 0 N–H and O–H groups in total. The third-order valence-electron chi connectivity index (χ3n) is 3.04. The van der Waals surface area contributed by atoms with E-state index in [1.165, 1.54) is 0 Å². The second-order valence-corrected chi connectivity index (χ2v) is 5.96. The van der Waals surface area contributed by atoms with E-state index < -0.39 is 0 Å². The Labute approximate surface area is 107 Å². The molecule has 1 saturated heterocycles. The highest BCUT2D eigenvalue weighted by Gasteiger charge is 2.23. The number of pyridine rings is 1. The molecule has 1 fully saturated rings. The van der Waals surface area contributed by atoms with Crippen LogP contribution in [0.5, 0.6) is 0 Å². The van der Waals surface area contributed by atoms with Crippen molar-refractivity contribution in [1.82, 2.24) is 4.98 Å². The van der Waals surface area contributed by atoms with Gasteiger partial charge >= 0.3 is 0 Å². The van der Waals surface area contributed by atoms with Gasteiger partial charge in [-0.25, -0.2) is 4.98 Å². The van der Waals surface area contributed by atoms with Crippen LogP contribution in [0.1, 0.15) is 19.4 Å².